The molecule has 3 aliphatic rings. The molecule has 3 aliphatic heterocycles. The smallest absolute Gasteiger partial charge is 0.194 e. The lowest BCUT2D eigenvalue weighted by molar-refractivity contribution is 0.0206. The van der Waals surface area contributed by atoms with Gasteiger partial charge >= 0.3 is 0 Å². The molecule has 0 saturated carbocycles. The largest absolute Gasteiger partial charge is 0.357 e. The summed E-state index contributed by atoms with van der Waals surface area (Å²) in [4.78, 5) is 13.0. The van der Waals surface area contributed by atoms with Gasteiger partial charge in [0.15, 0.2) is 5.96 Å². The summed E-state index contributed by atoms with van der Waals surface area (Å²) >= 11 is 0. The summed E-state index contributed by atoms with van der Waals surface area (Å²) in [5.41, 5.74) is 3.20. The number of hydrogen-bond acceptors (Lipinski definition) is 3. The van der Waals surface area contributed by atoms with Crippen molar-refractivity contribution in [3.63, 3.8) is 0 Å². The molecule has 0 radical (unpaired) electrons. The number of benzene rings is 1. The first-order valence-electron chi connectivity index (χ1n) is 11.7. The van der Waals surface area contributed by atoms with Gasteiger partial charge in [-0.1, -0.05) is 30.7 Å². The molecular weight excluding hydrogens is 358 g/mol. The molecule has 1 aromatic rings. The Labute approximate surface area is 177 Å². The molecule has 160 valence electrons. The Kier molecular flexibility index (Phi) is 6.76. The zero-order valence-corrected chi connectivity index (χ0v) is 18.5. The SMILES string of the molecule is CCNC(=NCC1(N2CCCCC2)CCN(C)CC1)N1CCc2ccccc2C1. The minimum Gasteiger partial charge on any atom is -0.357 e. The summed E-state index contributed by atoms with van der Waals surface area (Å²) in [6.07, 6.45) is 7.70. The predicted octanol–water partition coefficient (Wildman–Crippen LogP) is 2.96. The average Bonchev–Trinajstić information content (AvgIpc) is 2.78. The number of aliphatic imine (C=N–C) groups is 1. The normalized spacial score (nSPS) is 23.7. The van der Waals surface area contributed by atoms with Crippen LogP contribution in [-0.2, 0) is 13.0 Å². The minimum atomic E-state index is 0.251. The van der Waals surface area contributed by atoms with E-state index in [1.807, 2.05) is 0 Å². The van der Waals surface area contributed by atoms with Crippen LogP contribution in [0.3, 0.4) is 0 Å². The van der Waals surface area contributed by atoms with Gasteiger partial charge in [0.1, 0.15) is 0 Å². The van der Waals surface area contributed by atoms with Crippen molar-refractivity contribution in [2.75, 3.05) is 52.9 Å². The molecule has 0 amide bonds. The third-order valence-corrected chi connectivity index (χ3v) is 7.23. The van der Waals surface area contributed by atoms with Crippen molar-refractivity contribution in [1.29, 1.82) is 0 Å². The van der Waals surface area contributed by atoms with Crippen LogP contribution in [-0.4, -0.2) is 79.1 Å². The van der Waals surface area contributed by atoms with Crippen molar-refractivity contribution in [2.24, 2.45) is 4.99 Å². The second kappa shape index (κ2) is 9.48. The van der Waals surface area contributed by atoms with Gasteiger partial charge in [0.2, 0.25) is 0 Å². The van der Waals surface area contributed by atoms with E-state index in [9.17, 15) is 0 Å². The van der Waals surface area contributed by atoms with E-state index in [0.29, 0.717) is 0 Å². The maximum Gasteiger partial charge on any atom is 0.194 e. The summed E-state index contributed by atoms with van der Waals surface area (Å²) in [6.45, 7) is 11.0. The van der Waals surface area contributed by atoms with E-state index in [4.69, 9.17) is 4.99 Å². The van der Waals surface area contributed by atoms with Crippen LogP contribution in [0.15, 0.2) is 29.3 Å². The molecule has 5 nitrogen and oxygen atoms in total. The highest BCUT2D eigenvalue weighted by Crippen LogP contribution is 2.32. The third-order valence-electron chi connectivity index (χ3n) is 7.23. The van der Waals surface area contributed by atoms with Crippen molar-refractivity contribution < 1.29 is 0 Å². The molecule has 3 heterocycles. The summed E-state index contributed by atoms with van der Waals surface area (Å²) in [7, 11) is 2.26. The average molecular weight is 398 g/mol. The van der Waals surface area contributed by atoms with E-state index in [0.717, 1.165) is 38.6 Å². The molecule has 0 unspecified atom stereocenters. The lowest BCUT2D eigenvalue weighted by Crippen LogP contribution is -2.58. The van der Waals surface area contributed by atoms with Crippen molar-refractivity contribution >= 4 is 5.96 Å². The number of guanidine groups is 1. The molecule has 0 aliphatic carbocycles. The van der Waals surface area contributed by atoms with Gasteiger partial charge in [-0.2, -0.15) is 0 Å². The Morgan fingerprint density at radius 1 is 1.00 bits per heavy atom. The molecule has 2 saturated heterocycles. The van der Waals surface area contributed by atoms with Crippen LogP contribution in [0.2, 0.25) is 0 Å². The van der Waals surface area contributed by atoms with Gasteiger partial charge in [-0.05, 0) is 83.4 Å². The second-order valence-corrected chi connectivity index (χ2v) is 9.19. The van der Waals surface area contributed by atoms with Crippen molar-refractivity contribution in [3.8, 4) is 0 Å². The lowest BCUT2D eigenvalue weighted by atomic mass is 9.84. The van der Waals surface area contributed by atoms with Crippen molar-refractivity contribution in [3.05, 3.63) is 35.4 Å². The maximum absolute atomic E-state index is 5.28. The van der Waals surface area contributed by atoms with E-state index >= 15 is 0 Å². The zero-order chi connectivity index (χ0) is 20.1. The Balaban J connectivity index is 1.52. The molecule has 1 N–H and O–H groups in total. The van der Waals surface area contributed by atoms with E-state index in [1.165, 1.54) is 69.4 Å². The fraction of sp³-hybridized carbons (Fsp3) is 0.708. The summed E-state index contributed by atoms with van der Waals surface area (Å²) in [5, 5.41) is 3.60. The molecule has 2 fully saturated rings. The van der Waals surface area contributed by atoms with Crippen LogP contribution in [0, 0.1) is 0 Å². The van der Waals surface area contributed by atoms with E-state index in [1.54, 1.807) is 0 Å². The molecule has 0 bridgehead atoms. The van der Waals surface area contributed by atoms with Crippen LogP contribution in [0.4, 0.5) is 0 Å². The van der Waals surface area contributed by atoms with Crippen molar-refractivity contribution in [2.45, 2.75) is 57.5 Å². The third kappa shape index (κ3) is 4.77. The first kappa shape index (κ1) is 20.7. The molecule has 0 spiro atoms. The standard InChI is InChI=1S/C24H39N5/c1-3-25-23(28-16-11-21-9-5-6-10-22(21)19-28)26-20-24(12-17-27(2)18-13-24)29-14-7-4-8-15-29/h5-6,9-10H,3-4,7-8,11-20H2,1-2H3,(H,25,26). The number of nitrogens with one attached hydrogen (secondary N) is 1. The Bertz CT molecular complexity index is 686. The Morgan fingerprint density at radius 2 is 1.72 bits per heavy atom. The number of hydrogen-bond donors (Lipinski definition) is 1. The molecule has 0 aromatic heterocycles. The Hall–Kier alpha value is -1.59. The van der Waals surface area contributed by atoms with Crippen LogP contribution < -0.4 is 5.32 Å². The molecule has 29 heavy (non-hydrogen) atoms. The van der Waals surface area contributed by atoms with Gasteiger partial charge in [-0.3, -0.25) is 9.89 Å². The number of rotatable bonds is 4. The number of likely N-dealkylation sites (tertiary alicyclic amines) is 2. The molecular formula is C24H39N5. The van der Waals surface area contributed by atoms with Gasteiger partial charge in [-0.15, -0.1) is 0 Å². The number of fused-ring (bicyclic) bond motifs is 1. The second-order valence-electron chi connectivity index (χ2n) is 9.19. The van der Waals surface area contributed by atoms with Gasteiger partial charge in [0.05, 0.1) is 6.54 Å². The van der Waals surface area contributed by atoms with Crippen LogP contribution in [0.5, 0.6) is 0 Å². The highest BCUT2D eigenvalue weighted by atomic mass is 15.3. The first-order valence-corrected chi connectivity index (χ1v) is 11.7. The van der Waals surface area contributed by atoms with Crippen molar-refractivity contribution in [1.82, 2.24) is 20.0 Å². The molecule has 1 aromatic carbocycles. The predicted molar refractivity (Wildman–Crippen MR) is 121 cm³/mol. The monoisotopic (exact) mass is 397 g/mol. The lowest BCUT2D eigenvalue weighted by Gasteiger charge is -2.49. The minimum absolute atomic E-state index is 0.251. The molecule has 4 rings (SSSR count). The fourth-order valence-corrected chi connectivity index (χ4v) is 5.30. The first-order chi connectivity index (χ1) is 14.2. The number of nitrogens with zero attached hydrogens (tertiary/aromatic N) is 4. The quantitative estimate of drug-likeness (QED) is 0.626. The zero-order valence-electron chi connectivity index (χ0n) is 18.5. The summed E-state index contributed by atoms with van der Waals surface area (Å²) in [6, 6.07) is 8.88. The highest BCUT2D eigenvalue weighted by Gasteiger charge is 2.39. The fourth-order valence-electron chi connectivity index (χ4n) is 5.30. The Morgan fingerprint density at radius 3 is 2.45 bits per heavy atom. The van der Waals surface area contributed by atoms with Gasteiger partial charge in [-0.25, -0.2) is 0 Å². The maximum atomic E-state index is 5.28. The van der Waals surface area contributed by atoms with Crippen LogP contribution >= 0.6 is 0 Å². The number of piperidine rings is 2. The van der Waals surface area contributed by atoms with E-state index in [-0.39, 0.29) is 5.54 Å². The van der Waals surface area contributed by atoms with E-state index < -0.39 is 0 Å². The van der Waals surface area contributed by atoms with Gasteiger partial charge in [0, 0.05) is 25.2 Å². The highest BCUT2D eigenvalue weighted by molar-refractivity contribution is 5.80. The molecule has 0 atom stereocenters. The van der Waals surface area contributed by atoms with Crippen LogP contribution in [0.25, 0.3) is 0 Å². The van der Waals surface area contributed by atoms with Gasteiger partial charge < -0.3 is 15.1 Å². The van der Waals surface area contributed by atoms with E-state index in [2.05, 4.69) is 58.3 Å². The summed E-state index contributed by atoms with van der Waals surface area (Å²) < 4.78 is 0. The van der Waals surface area contributed by atoms with Gasteiger partial charge in [0.25, 0.3) is 0 Å². The van der Waals surface area contributed by atoms with Crippen LogP contribution in [0.1, 0.15) is 50.2 Å². The summed E-state index contributed by atoms with van der Waals surface area (Å²) in [5.74, 6) is 1.11. The topological polar surface area (TPSA) is 34.1 Å². The molecule has 5 heteroatoms.